The first-order valence-electron chi connectivity index (χ1n) is 10.7. The SMILES string of the molecule is O=C(O)c1cc(OCc2ccccc2)c(OCc2ccccc2)c(OCc2ccccc2)c1Br. The molecule has 4 aromatic rings. The molecule has 6 heteroatoms. The molecule has 0 aliphatic carbocycles. The van der Waals surface area contributed by atoms with E-state index in [9.17, 15) is 9.90 Å². The minimum absolute atomic E-state index is 0.0261. The second kappa shape index (κ2) is 11.4. The van der Waals surface area contributed by atoms with Gasteiger partial charge in [0.2, 0.25) is 5.75 Å². The molecule has 1 N–H and O–H groups in total. The van der Waals surface area contributed by atoms with Gasteiger partial charge in [-0.2, -0.15) is 0 Å². The molecule has 0 atom stereocenters. The molecule has 0 bridgehead atoms. The monoisotopic (exact) mass is 518 g/mol. The smallest absolute Gasteiger partial charge is 0.337 e. The number of carboxylic acid groups (broad SMARTS) is 1. The number of rotatable bonds is 10. The zero-order chi connectivity index (χ0) is 23.8. The van der Waals surface area contributed by atoms with Crippen LogP contribution in [0, 0.1) is 0 Å². The molecule has 0 heterocycles. The predicted molar refractivity (Wildman–Crippen MR) is 133 cm³/mol. The summed E-state index contributed by atoms with van der Waals surface area (Å²) in [6.45, 7) is 0.757. The van der Waals surface area contributed by atoms with Gasteiger partial charge in [-0.25, -0.2) is 4.79 Å². The van der Waals surface area contributed by atoms with Gasteiger partial charge in [0.1, 0.15) is 19.8 Å². The van der Waals surface area contributed by atoms with Crippen LogP contribution in [0.3, 0.4) is 0 Å². The van der Waals surface area contributed by atoms with Crippen molar-refractivity contribution in [2.45, 2.75) is 19.8 Å². The van der Waals surface area contributed by atoms with E-state index in [0.717, 1.165) is 16.7 Å². The highest BCUT2D eigenvalue weighted by Gasteiger charge is 2.24. The Labute approximate surface area is 206 Å². The van der Waals surface area contributed by atoms with Crippen molar-refractivity contribution in [3.05, 3.63) is 124 Å². The van der Waals surface area contributed by atoms with Gasteiger partial charge in [0.25, 0.3) is 0 Å². The highest BCUT2D eigenvalue weighted by Crippen LogP contribution is 2.46. The summed E-state index contributed by atoms with van der Waals surface area (Å²) in [5, 5.41) is 9.80. The Morgan fingerprint density at radius 2 is 1.06 bits per heavy atom. The zero-order valence-corrected chi connectivity index (χ0v) is 19.9. The van der Waals surface area contributed by atoms with Crippen molar-refractivity contribution in [2.24, 2.45) is 0 Å². The lowest BCUT2D eigenvalue weighted by molar-refractivity contribution is 0.0694. The molecule has 4 rings (SSSR count). The van der Waals surface area contributed by atoms with Crippen LogP contribution in [0.5, 0.6) is 17.2 Å². The topological polar surface area (TPSA) is 65.0 Å². The Balaban J connectivity index is 1.71. The Hall–Kier alpha value is -3.77. The quantitative estimate of drug-likeness (QED) is 0.247. The van der Waals surface area contributed by atoms with Gasteiger partial charge in [-0.3, -0.25) is 0 Å². The maximum atomic E-state index is 12.0. The molecule has 0 aliphatic rings. The molecule has 0 saturated carbocycles. The zero-order valence-electron chi connectivity index (χ0n) is 18.3. The van der Waals surface area contributed by atoms with Gasteiger partial charge >= 0.3 is 5.97 Å². The Bertz CT molecular complexity index is 1230. The average Bonchev–Trinajstić information content (AvgIpc) is 2.87. The fraction of sp³-hybridized carbons (Fsp3) is 0.107. The van der Waals surface area contributed by atoms with Gasteiger partial charge in [0, 0.05) is 0 Å². The van der Waals surface area contributed by atoms with Crippen molar-refractivity contribution in [1.29, 1.82) is 0 Å². The molecule has 0 aromatic heterocycles. The molecule has 0 aliphatic heterocycles. The molecule has 0 fully saturated rings. The van der Waals surface area contributed by atoms with Crippen molar-refractivity contribution in [2.75, 3.05) is 0 Å². The lowest BCUT2D eigenvalue weighted by atomic mass is 10.1. The van der Waals surface area contributed by atoms with E-state index in [-0.39, 0.29) is 31.1 Å². The van der Waals surface area contributed by atoms with Crippen molar-refractivity contribution in [3.8, 4) is 17.2 Å². The largest absolute Gasteiger partial charge is 0.485 e. The molecule has 172 valence electrons. The van der Waals surface area contributed by atoms with E-state index >= 15 is 0 Å². The second-order valence-electron chi connectivity index (χ2n) is 7.52. The van der Waals surface area contributed by atoms with Gasteiger partial charge in [0.05, 0.1) is 10.0 Å². The summed E-state index contributed by atoms with van der Waals surface area (Å²) in [6.07, 6.45) is 0. The van der Waals surface area contributed by atoms with Crippen molar-refractivity contribution >= 4 is 21.9 Å². The molecule has 5 nitrogen and oxygen atoms in total. The fourth-order valence-corrected chi connectivity index (χ4v) is 3.90. The molecule has 0 amide bonds. The minimum Gasteiger partial charge on any atom is -0.485 e. The Morgan fingerprint density at radius 3 is 1.50 bits per heavy atom. The lowest BCUT2D eigenvalue weighted by Gasteiger charge is -2.20. The number of halogens is 1. The summed E-state index contributed by atoms with van der Waals surface area (Å²) in [5.41, 5.74) is 2.88. The normalized spacial score (nSPS) is 10.5. The Kier molecular flexibility index (Phi) is 7.83. The molecule has 4 aromatic carbocycles. The molecular formula is C28H23BrO5. The van der Waals surface area contributed by atoms with Crippen LogP contribution in [0.25, 0.3) is 0 Å². The molecule has 0 unspecified atom stereocenters. The number of ether oxygens (including phenoxy) is 3. The van der Waals surface area contributed by atoms with Gasteiger partial charge in [-0.1, -0.05) is 91.0 Å². The molecule has 0 spiro atoms. The minimum atomic E-state index is -1.10. The first-order valence-corrected chi connectivity index (χ1v) is 11.5. The van der Waals surface area contributed by atoms with E-state index in [1.54, 1.807) is 0 Å². The van der Waals surface area contributed by atoms with Crippen molar-refractivity contribution < 1.29 is 24.1 Å². The maximum Gasteiger partial charge on any atom is 0.337 e. The fourth-order valence-electron chi connectivity index (χ4n) is 3.32. The van der Waals surface area contributed by atoms with Crippen LogP contribution >= 0.6 is 15.9 Å². The number of aromatic carboxylic acids is 1. The Morgan fingerprint density at radius 1 is 0.647 bits per heavy atom. The van der Waals surface area contributed by atoms with Crippen LogP contribution in [-0.4, -0.2) is 11.1 Å². The van der Waals surface area contributed by atoms with E-state index in [0.29, 0.717) is 16.0 Å². The highest BCUT2D eigenvalue weighted by atomic mass is 79.9. The molecule has 0 saturated heterocycles. The van der Waals surface area contributed by atoms with Crippen LogP contribution in [0.4, 0.5) is 0 Å². The van der Waals surface area contributed by atoms with E-state index in [1.165, 1.54) is 6.07 Å². The van der Waals surface area contributed by atoms with E-state index in [1.807, 2.05) is 91.0 Å². The van der Waals surface area contributed by atoms with Crippen LogP contribution in [0.1, 0.15) is 27.0 Å². The summed E-state index contributed by atoms with van der Waals surface area (Å²) in [6, 6.07) is 30.5. The third-order valence-corrected chi connectivity index (χ3v) is 5.85. The standard InChI is InChI=1S/C28H23BrO5/c29-25-23(28(30)31)16-24(32-17-20-10-4-1-5-11-20)26(33-18-21-12-6-2-7-13-21)27(25)34-19-22-14-8-3-9-15-22/h1-16H,17-19H2,(H,30,31). The van der Waals surface area contributed by atoms with Gasteiger partial charge in [0.15, 0.2) is 11.5 Å². The van der Waals surface area contributed by atoms with Gasteiger partial charge in [-0.05, 0) is 38.7 Å². The summed E-state index contributed by atoms with van der Waals surface area (Å²) in [4.78, 5) is 12.0. The molecule has 0 radical (unpaired) electrons. The lowest BCUT2D eigenvalue weighted by Crippen LogP contribution is -2.08. The number of carbonyl (C=O) groups is 1. The van der Waals surface area contributed by atoms with Gasteiger partial charge < -0.3 is 19.3 Å². The number of carboxylic acids is 1. The second-order valence-corrected chi connectivity index (χ2v) is 8.32. The van der Waals surface area contributed by atoms with E-state index in [2.05, 4.69) is 15.9 Å². The van der Waals surface area contributed by atoms with Crippen LogP contribution < -0.4 is 14.2 Å². The van der Waals surface area contributed by atoms with E-state index < -0.39 is 5.97 Å². The number of benzene rings is 4. The average molecular weight is 519 g/mol. The van der Waals surface area contributed by atoms with Gasteiger partial charge in [-0.15, -0.1) is 0 Å². The summed E-state index contributed by atoms with van der Waals surface area (Å²) >= 11 is 3.42. The number of hydrogen-bond donors (Lipinski definition) is 1. The third-order valence-electron chi connectivity index (χ3n) is 5.06. The third kappa shape index (κ3) is 5.97. The maximum absolute atomic E-state index is 12.0. The predicted octanol–water partition coefficient (Wildman–Crippen LogP) is 6.88. The first-order chi connectivity index (χ1) is 16.6. The summed E-state index contributed by atoms with van der Waals surface area (Å²) < 4.78 is 18.6. The molecule has 34 heavy (non-hydrogen) atoms. The van der Waals surface area contributed by atoms with Crippen LogP contribution in [0.2, 0.25) is 0 Å². The van der Waals surface area contributed by atoms with Crippen molar-refractivity contribution in [3.63, 3.8) is 0 Å². The van der Waals surface area contributed by atoms with Crippen LogP contribution in [-0.2, 0) is 19.8 Å². The first kappa shape index (κ1) is 23.4. The molecular weight excluding hydrogens is 496 g/mol. The summed E-state index contributed by atoms with van der Waals surface area (Å²) in [5.74, 6) is -0.186. The number of hydrogen-bond acceptors (Lipinski definition) is 4. The van der Waals surface area contributed by atoms with Crippen molar-refractivity contribution in [1.82, 2.24) is 0 Å². The van der Waals surface area contributed by atoms with E-state index in [4.69, 9.17) is 14.2 Å². The summed E-state index contributed by atoms with van der Waals surface area (Å²) in [7, 11) is 0. The highest BCUT2D eigenvalue weighted by molar-refractivity contribution is 9.10. The van der Waals surface area contributed by atoms with Crippen LogP contribution in [0.15, 0.2) is 102 Å².